The Morgan fingerprint density at radius 3 is 2.67 bits per heavy atom. The molecule has 1 aromatic carbocycles. The third kappa shape index (κ3) is 3.95. The van der Waals surface area contributed by atoms with Gasteiger partial charge in [-0.1, -0.05) is 6.07 Å². The van der Waals surface area contributed by atoms with Gasteiger partial charge < -0.3 is 14.6 Å². The van der Waals surface area contributed by atoms with Crippen molar-refractivity contribution >= 4 is 5.97 Å². The molecule has 0 saturated heterocycles. The van der Waals surface area contributed by atoms with E-state index < -0.39 is 5.97 Å². The van der Waals surface area contributed by atoms with E-state index in [-0.39, 0.29) is 5.56 Å². The van der Waals surface area contributed by atoms with Gasteiger partial charge in [0.1, 0.15) is 6.61 Å². The number of aromatic carboxylic acids is 1. The molecule has 2 aromatic rings. The number of ether oxygens (including phenoxy) is 2. The van der Waals surface area contributed by atoms with E-state index in [2.05, 4.69) is 4.98 Å². The van der Waals surface area contributed by atoms with E-state index in [0.29, 0.717) is 24.7 Å². The Labute approximate surface area is 123 Å². The number of aryl methyl sites for hydroxylation is 1. The lowest BCUT2D eigenvalue weighted by Gasteiger charge is -2.12. The fraction of sp³-hybridized carbons (Fsp3) is 0.250. The number of benzene rings is 1. The number of nitrogens with zero attached hydrogens (tertiary/aromatic N) is 1. The maximum atomic E-state index is 11.0. The normalized spacial score (nSPS) is 10.2. The molecule has 0 spiro atoms. The highest BCUT2D eigenvalue weighted by Gasteiger charge is 2.11. The topological polar surface area (TPSA) is 68.7 Å². The van der Waals surface area contributed by atoms with Crippen molar-refractivity contribution in [2.45, 2.75) is 20.5 Å². The number of rotatable bonds is 6. The Kier molecular flexibility index (Phi) is 4.77. The monoisotopic (exact) mass is 287 g/mol. The van der Waals surface area contributed by atoms with Crippen molar-refractivity contribution in [3.63, 3.8) is 0 Å². The lowest BCUT2D eigenvalue weighted by atomic mass is 10.2. The summed E-state index contributed by atoms with van der Waals surface area (Å²) in [6.45, 7) is 4.48. The van der Waals surface area contributed by atoms with Crippen molar-refractivity contribution in [3.8, 4) is 11.5 Å². The second-order valence-electron chi connectivity index (χ2n) is 4.46. The second kappa shape index (κ2) is 6.74. The van der Waals surface area contributed by atoms with E-state index in [1.807, 2.05) is 32.0 Å². The molecule has 0 fully saturated rings. The first-order valence-electron chi connectivity index (χ1n) is 6.65. The minimum absolute atomic E-state index is 0.166. The molecule has 0 radical (unpaired) electrons. The molecule has 0 aliphatic rings. The van der Waals surface area contributed by atoms with E-state index in [1.165, 1.54) is 12.1 Å². The predicted octanol–water partition coefficient (Wildman–Crippen LogP) is 3.07. The summed E-state index contributed by atoms with van der Waals surface area (Å²) in [6, 6.07) is 10.3. The highest BCUT2D eigenvalue weighted by Crippen LogP contribution is 2.29. The van der Waals surface area contributed by atoms with E-state index in [4.69, 9.17) is 14.6 Å². The Bertz CT molecular complexity index is 640. The van der Waals surface area contributed by atoms with Crippen LogP contribution in [-0.2, 0) is 6.61 Å². The lowest BCUT2D eigenvalue weighted by Crippen LogP contribution is -2.03. The molecule has 0 saturated carbocycles. The second-order valence-corrected chi connectivity index (χ2v) is 4.46. The standard InChI is InChI=1S/C16H17NO4/c1-3-20-15-9-12(16(18)19)7-8-14(15)21-10-13-6-4-5-11(2)17-13/h4-9H,3,10H2,1-2H3,(H,18,19). The van der Waals surface area contributed by atoms with Gasteiger partial charge in [0.2, 0.25) is 0 Å². The molecular weight excluding hydrogens is 270 g/mol. The summed E-state index contributed by atoms with van der Waals surface area (Å²) in [5.74, 6) is -0.0712. The third-order valence-electron chi connectivity index (χ3n) is 2.81. The van der Waals surface area contributed by atoms with Crippen LogP contribution < -0.4 is 9.47 Å². The van der Waals surface area contributed by atoms with Gasteiger partial charge in [-0.2, -0.15) is 0 Å². The number of carbonyl (C=O) groups is 1. The summed E-state index contributed by atoms with van der Waals surface area (Å²) >= 11 is 0. The van der Waals surface area contributed by atoms with Crippen LogP contribution in [0.2, 0.25) is 0 Å². The fourth-order valence-electron chi connectivity index (χ4n) is 1.86. The van der Waals surface area contributed by atoms with Crippen LogP contribution in [0.25, 0.3) is 0 Å². The summed E-state index contributed by atoms with van der Waals surface area (Å²) < 4.78 is 11.1. The molecule has 5 nitrogen and oxygen atoms in total. The van der Waals surface area contributed by atoms with Gasteiger partial charge in [0, 0.05) is 5.69 Å². The summed E-state index contributed by atoms with van der Waals surface area (Å²) in [7, 11) is 0. The zero-order valence-electron chi connectivity index (χ0n) is 12.0. The van der Waals surface area contributed by atoms with Crippen LogP contribution in [0.3, 0.4) is 0 Å². The smallest absolute Gasteiger partial charge is 0.335 e. The Morgan fingerprint density at radius 1 is 1.19 bits per heavy atom. The average molecular weight is 287 g/mol. The van der Waals surface area contributed by atoms with Crippen molar-refractivity contribution in [2.75, 3.05) is 6.61 Å². The van der Waals surface area contributed by atoms with Crippen molar-refractivity contribution in [1.29, 1.82) is 0 Å². The molecular formula is C16H17NO4. The number of carboxylic acid groups (broad SMARTS) is 1. The molecule has 1 heterocycles. The molecule has 1 N–H and O–H groups in total. The van der Waals surface area contributed by atoms with Crippen molar-refractivity contribution in [1.82, 2.24) is 4.98 Å². The molecule has 2 rings (SSSR count). The van der Waals surface area contributed by atoms with Gasteiger partial charge in [-0.25, -0.2) is 4.79 Å². The van der Waals surface area contributed by atoms with Crippen molar-refractivity contribution in [3.05, 3.63) is 53.3 Å². The molecule has 0 atom stereocenters. The average Bonchev–Trinajstić information content (AvgIpc) is 2.46. The van der Waals surface area contributed by atoms with E-state index in [9.17, 15) is 4.79 Å². The molecule has 21 heavy (non-hydrogen) atoms. The van der Waals surface area contributed by atoms with Crippen LogP contribution in [0.1, 0.15) is 28.7 Å². The number of carboxylic acids is 1. The Hall–Kier alpha value is -2.56. The zero-order valence-corrected chi connectivity index (χ0v) is 12.0. The number of pyridine rings is 1. The van der Waals surface area contributed by atoms with Gasteiger partial charge >= 0.3 is 5.97 Å². The first-order chi connectivity index (χ1) is 10.1. The van der Waals surface area contributed by atoms with Crippen LogP contribution in [0, 0.1) is 6.92 Å². The van der Waals surface area contributed by atoms with E-state index in [1.54, 1.807) is 6.07 Å². The van der Waals surface area contributed by atoms with Crippen molar-refractivity contribution < 1.29 is 19.4 Å². The maximum absolute atomic E-state index is 11.0. The zero-order chi connectivity index (χ0) is 15.2. The van der Waals surface area contributed by atoms with Crippen LogP contribution in [-0.4, -0.2) is 22.7 Å². The largest absolute Gasteiger partial charge is 0.490 e. The minimum atomic E-state index is -0.997. The molecule has 0 amide bonds. The molecule has 1 aromatic heterocycles. The number of hydrogen-bond donors (Lipinski definition) is 1. The minimum Gasteiger partial charge on any atom is -0.490 e. The van der Waals surface area contributed by atoms with Gasteiger partial charge in [0.25, 0.3) is 0 Å². The fourth-order valence-corrected chi connectivity index (χ4v) is 1.86. The highest BCUT2D eigenvalue weighted by atomic mass is 16.5. The Balaban J connectivity index is 2.16. The SMILES string of the molecule is CCOc1cc(C(=O)O)ccc1OCc1cccc(C)n1. The highest BCUT2D eigenvalue weighted by molar-refractivity contribution is 5.88. The molecule has 0 aliphatic carbocycles. The lowest BCUT2D eigenvalue weighted by molar-refractivity contribution is 0.0696. The molecule has 0 bridgehead atoms. The maximum Gasteiger partial charge on any atom is 0.335 e. The van der Waals surface area contributed by atoms with E-state index in [0.717, 1.165) is 11.4 Å². The first kappa shape index (κ1) is 14.8. The summed E-state index contributed by atoms with van der Waals surface area (Å²) in [4.78, 5) is 15.3. The van der Waals surface area contributed by atoms with Crippen LogP contribution in [0.4, 0.5) is 0 Å². The van der Waals surface area contributed by atoms with E-state index >= 15 is 0 Å². The van der Waals surface area contributed by atoms with Crippen LogP contribution in [0.5, 0.6) is 11.5 Å². The van der Waals surface area contributed by atoms with Crippen LogP contribution >= 0.6 is 0 Å². The molecule has 5 heteroatoms. The molecule has 0 unspecified atom stereocenters. The molecule has 110 valence electrons. The quantitative estimate of drug-likeness (QED) is 0.884. The summed E-state index contributed by atoms with van der Waals surface area (Å²) in [5, 5.41) is 9.00. The number of aromatic nitrogens is 1. The van der Waals surface area contributed by atoms with Crippen LogP contribution in [0.15, 0.2) is 36.4 Å². The van der Waals surface area contributed by atoms with Gasteiger partial charge in [0.05, 0.1) is 17.9 Å². The first-order valence-corrected chi connectivity index (χ1v) is 6.65. The van der Waals surface area contributed by atoms with Gasteiger partial charge in [0.15, 0.2) is 11.5 Å². The van der Waals surface area contributed by atoms with Gasteiger partial charge in [-0.05, 0) is 44.2 Å². The number of hydrogen-bond acceptors (Lipinski definition) is 4. The molecule has 0 aliphatic heterocycles. The Morgan fingerprint density at radius 2 is 2.00 bits per heavy atom. The van der Waals surface area contributed by atoms with Crippen molar-refractivity contribution in [2.24, 2.45) is 0 Å². The third-order valence-corrected chi connectivity index (χ3v) is 2.81. The predicted molar refractivity (Wildman–Crippen MR) is 77.9 cm³/mol. The summed E-state index contributed by atoms with van der Waals surface area (Å²) in [6.07, 6.45) is 0. The summed E-state index contributed by atoms with van der Waals surface area (Å²) in [5.41, 5.74) is 1.89. The van der Waals surface area contributed by atoms with Gasteiger partial charge in [-0.3, -0.25) is 4.98 Å². The van der Waals surface area contributed by atoms with Gasteiger partial charge in [-0.15, -0.1) is 0 Å².